The third-order valence-electron chi connectivity index (χ3n) is 5.21. The molecular weight excluding hydrogens is 370 g/mol. The zero-order valence-electron chi connectivity index (χ0n) is 17.7. The Kier molecular flexibility index (Phi) is 7.94. The highest BCUT2D eigenvalue weighted by Crippen LogP contribution is 2.29. The molecule has 1 aliphatic rings. The highest BCUT2D eigenvalue weighted by molar-refractivity contribution is 5.43. The lowest BCUT2D eigenvalue weighted by atomic mass is 10.2. The van der Waals surface area contributed by atoms with Gasteiger partial charge in [0.25, 0.3) is 0 Å². The van der Waals surface area contributed by atoms with Gasteiger partial charge >= 0.3 is 0 Å². The number of benzene rings is 1. The second-order valence-corrected chi connectivity index (χ2v) is 7.86. The number of rotatable bonds is 10. The van der Waals surface area contributed by atoms with E-state index < -0.39 is 6.10 Å². The molecule has 1 saturated heterocycles. The highest BCUT2D eigenvalue weighted by Gasteiger charge is 2.18. The molecule has 0 aliphatic carbocycles. The molecule has 0 bridgehead atoms. The summed E-state index contributed by atoms with van der Waals surface area (Å²) in [5.41, 5.74) is 2.27. The summed E-state index contributed by atoms with van der Waals surface area (Å²) in [6.07, 6.45) is 2.92. The Bertz CT molecular complexity index is 730. The number of piperazine rings is 1. The minimum atomic E-state index is -0.532. The van der Waals surface area contributed by atoms with Crippen molar-refractivity contribution in [3.8, 4) is 11.5 Å². The molecule has 1 N–H and O–H groups in total. The number of aliphatic hydroxyl groups is 1. The van der Waals surface area contributed by atoms with Gasteiger partial charge in [0.05, 0.1) is 19.6 Å². The van der Waals surface area contributed by atoms with Crippen LogP contribution in [0.2, 0.25) is 0 Å². The third kappa shape index (κ3) is 6.75. The minimum absolute atomic E-state index is 0.247. The molecule has 0 amide bonds. The molecule has 1 unspecified atom stereocenters. The maximum atomic E-state index is 10.4. The Morgan fingerprint density at radius 3 is 2.55 bits per heavy atom. The Morgan fingerprint density at radius 1 is 1.10 bits per heavy atom. The first-order chi connectivity index (χ1) is 14.0. The number of aliphatic hydroxyl groups excluding tert-OH is 1. The first-order valence-electron chi connectivity index (χ1n) is 10.1. The van der Waals surface area contributed by atoms with Gasteiger partial charge in [0.1, 0.15) is 12.7 Å². The first kappa shape index (κ1) is 21.6. The van der Waals surface area contributed by atoms with Gasteiger partial charge in [-0.05, 0) is 37.9 Å². The number of β-amino-alcohol motifs (C(OH)–C–C–N with tert-alkyl or cyclic N) is 1. The molecule has 29 heavy (non-hydrogen) atoms. The largest absolute Gasteiger partial charge is 0.493 e. The van der Waals surface area contributed by atoms with Crippen molar-refractivity contribution in [3.63, 3.8) is 0 Å². The van der Waals surface area contributed by atoms with E-state index in [-0.39, 0.29) is 6.61 Å². The van der Waals surface area contributed by atoms with Gasteiger partial charge in [-0.3, -0.25) is 9.80 Å². The molecule has 7 nitrogen and oxygen atoms in total. The topological polar surface area (TPSA) is 61.6 Å². The van der Waals surface area contributed by atoms with Gasteiger partial charge in [0.2, 0.25) is 0 Å². The molecule has 1 aromatic heterocycles. The van der Waals surface area contributed by atoms with Crippen molar-refractivity contribution in [2.75, 3.05) is 60.5 Å². The number of nitrogens with zero attached hydrogens (tertiary/aromatic N) is 3. The SMILES string of the molecule is COc1ccc(CN(C)Cc2ccoc2)cc1OCC(O)CN1CCN(C)CC1. The number of furan rings is 1. The lowest BCUT2D eigenvalue weighted by molar-refractivity contribution is 0.0497. The number of likely N-dealkylation sites (N-methyl/N-ethyl adjacent to an activating group) is 1. The van der Waals surface area contributed by atoms with Crippen molar-refractivity contribution in [2.45, 2.75) is 19.2 Å². The maximum absolute atomic E-state index is 10.4. The van der Waals surface area contributed by atoms with Crippen LogP contribution in [0.3, 0.4) is 0 Å². The predicted octanol–water partition coefficient (Wildman–Crippen LogP) is 1.91. The molecule has 160 valence electrons. The molecule has 1 fully saturated rings. The van der Waals surface area contributed by atoms with Crippen molar-refractivity contribution < 1.29 is 19.0 Å². The average Bonchev–Trinajstić information content (AvgIpc) is 3.21. The number of hydrogen-bond acceptors (Lipinski definition) is 7. The molecular formula is C22H33N3O4. The standard InChI is InChI=1S/C22H33N3O4/c1-23-7-9-25(10-8-23)15-20(26)17-29-22-12-18(4-5-21(22)27-3)13-24(2)14-19-6-11-28-16-19/h4-6,11-12,16,20,26H,7-10,13-15,17H2,1-3H3. The van der Waals surface area contributed by atoms with Gasteiger partial charge in [-0.15, -0.1) is 0 Å². The highest BCUT2D eigenvalue weighted by atomic mass is 16.5. The molecule has 1 aromatic carbocycles. The summed E-state index contributed by atoms with van der Waals surface area (Å²) in [5.74, 6) is 1.34. The van der Waals surface area contributed by atoms with Gasteiger partial charge in [-0.1, -0.05) is 6.07 Å². The second kappa shape index (κ2) is 10.6. The Balaban J connectivity index is 1.52. The van der Waals surface area contributed by atoms with Crippen LogP contribution >= 0.6 is 0 Å². The molecule has 1 aliphatic heterocycles. The van der Waals surface area contributed by atoms with E-state index in [9.17, 15) is 5.11 Å². The van der Waals surface area contributed by atoms with E-state index in [1.54, 1.807) is 19.6 Å². The third-order valence-corrected chi connectivity index (χ3v) is 5.21. The molecule has 3 rings (SSSR count). The van der Waals surface area contributed by atoms with Crippen LogP contribution in [-0.2, 0) is 13.1 Å². The van der Waals surface area contributed by atoms with Crippen molar-refractivity contribution in [1.82, 2.24) is 14.7 Å². The zero-order chi connectivity index (χ0) is 20.6. The molecule has 2 aromatic rings. The van der Waals surface area contributed by atoms with E-state index >= 15 is 0 Å². The Labute approximate surface area is 173 Å². The number of hydrogen-bond donors (Lipinski definition) is 1. The fourth-order valence-electron chi connectivity index (χ4n) is 3.56. The van der Waals surface area contributed by atoms with Gasteiger partial charge in [-0.2, -0.15) is 0 Å². The van der Waals surface area contributed by atoms with Crippen molar-refractivity contribution in [3.05, 3.63) is 47.9 Å². The number of ether oxygens (including phenoxy) is 2. The summed E-state index contributed by atoms with van der Waals surface area (Å²) in [6, 6.07) is 7.93. The monoisotopic (exact) mass is 403 g/mol. The molecule has 1 atom stereocenters. The van der Waals surface area contributed by atoms with Gasteiger partial charge in [-0.25, -0.2) is 0 Å². The van der Waals surface area contributed by atoms with Gasteiger partial charge < -0.3 is 23.9 Å². The van der Waals surface area contributed by atoms with Crippen LogP contribution in [0.25, 0.3) is 0 Å². The Hall–Kier alpha value is -2.06. The van der Waals surface area contributed by atoms with Crippen molar-refractivity contribution in [2.24, 2.45) is 0 Å². The summed E-state index contributed by atoms with van der Waals surface area (Å²) in [5, 5.41) is 10.4. The minimum Gasteiger partial charge on any atom is -0.493 e. The van der Waals surface area contributed by atoms with Gasteiger partial charge in [0.15, 0.2) is 11.5 Å². The molecule has 0 radical (unpaired) electrons. The smallest absolute Gasteiger partial charge is 0.161 e. The number of methoxy groups -OCH3 is 1. The van der Waals surface area contributed by atoms with E-state index in [1.807, 2.05) is 24.3 Å². The van der Waals surface area contributed by atoms with Crippen molar-refractivity contribution >= 4 is 0 Å². The molecule has 2 heterocycles. The van der Waals surface area contributed by atoms with Crippen LogP contribution in [0.15, 0.2) is 41.2 Å². The van der Waals surface area contributed by atoms with Crippen molar-refractivity contribution in [1.29, 1.82) is 0 Å². The van der Waals surface area contributed by atoms with Crippen LogP contribution in [0.1, 0.15) is 11.1 Å². The van der Waals surface area contributed by atoms with E-state index in [4.69, 9.17) is 13.9 Å². The second-order valence-electron chi connectivity index (χ2n) is 7.86. The molecule has 0 saturated carbocycles. The van der Waals surface area contributed by atoms with E-state index in [0.29, 0.717) is 18.0 Å². The maximum Gasteiger partial charge on any atom is 0.161 e. The van der Waals surface area contributed by atoms with Gasteiger partial charge in [0, 0.05) is 51.4 Å². The predicted molar refractivity (Wildman–Crippen MR) is 112 cm³/mol. The fraction of sp³-hybridized carbons (Fsp3) is 0.545. The Morgan fingerprint density at radius 2 is 1.86 bits per heavy atom. The molecule has 7 heteroatoms. The summed E-state index contributed by atoms with van der Waals surface area (Å²) in [7, 11) is 5.83. The first-order valence-corrected chi connectivity index (χ1v) is 10.1. The lowest BCUT2D eigenvalue weighted by Crippen LogP contribution is -2.47. The average molecular weight is 404 g/mol. The summed E-state index contributed by atoms with van der Waals surface area (Å²) < 4.78 is 16.5. The van der Waals surface area contributed by atoms with E-state index in [1.165, 1.54) is 0 Å². The quantitative estimate of drug-likeness (QED) is 0.650. The van der Waals surface area contributed by atoms with Crippen LogP contribution in [-0.4, -0.2) is 86.4 Å². The normalized spacial score (nSPS) is 16.9. The lowest BCUT2D eigenvalue weighted by Gasteiger charge is -2.33. The van der Waals surface area contributed by atoms with Crippen LogP contribution in [0, 0.1) is 0 Å². The summed E-state index contributed by atoms with van der Waals surface area (Å²) in [6.45, 7) is 6.49. The summed E-state index contributed by atoms with van der Waals surface area (Å²) in [4.78, 5) is 6.80. The van der Waals surface area contributed by atoms with Crippen LogP contribution in [0.4, 0.5) is 0 Å². The van der Waals surface area contributed by atoms with E-state index in [0.717, 1.165) is 50.4 Å². The van der Waals surface area contributed by atoms with Crippen LogP contribution < -0.4 is 9.47 Å². The fourth-order valence-corrected chi connectivity index (χ4v) is 3.56. The summed E-state index contributed by atoms with van der Waals surface area (Å²) >= 11 is 0. The molecule has 0 spiro atoms. The van der Waals surface area contributed by atoms with Crippen LogP contribution in [0.5, 0.6) is 11.5 Å². The van der Waals surface area contributed by atoms with E-state index in [2.05, 4.69) is 28.8 Å². The zero-order valence-corrected chi connectivity index (χ0v) is 17.7.